The summed E-state index contributed by atoms with van der Waals surface area (Å²) in [7, 11) is 0. The van der Waals surface area contributed by atoms with Gasteiger partial charge in [0.2, 0.25) is 0 Å². The molecule has 2 saturated heterocycles. The first-order valence-corrected chi connectivity index (χ1v) is 11.8. The van der Waals surface area contributed by atoms with Crippen LogP contribution in [0.1, 0.15) is 31.2 Å². The Bertz CT molecular complexity index is 1330. The molecule has 2 atom stereocenters. The molecule has 6 rings (SSSR count). The number of carbonyl (C=O) groups is 1. The Balaban J connectivity index is 1.25. The Morgan fingerprint density at radius 1 is 1.19 bits per heavy atom. The van der Waals surface area contributed by atoms with E-state index in [0.29, 0.717) is 36.3 Å². The first kappa shape index (κ1) is 22.9. The number of nitrogens with two attached hydrogens (primary N) is 1. The van der Waals surface area contributed by atoms with Crippen LogP contribution in [0.2, 0.25) is 0 Å². The summed E-state index contributed by atoms with van der Waals surface area (Å²) in [6.07, 6.45) is -3.09. The lowest BCUT2D eigenvalue weighted by Crippen LogP contribution is -2.60. The van der Waals surface area contributed by atoms with E-state index in [4.69, 9.17) is 10.5 Å². The number of hydrogen-bond acceptors (Lipinski definition) is 6. The lowest BCUT2D eigenvalue weighted by Gasteiger charge is -2.45. The molecule has 9 nitrogen and oxygen atoms in total. The van der Waals surface area contributed by atoms with Crippen LogP contribution in [0.5, 0.6) is 5.75 Å². The maximum absolute atomic E-state index is 13.5. The van der Waals surface area contributed by atoms with Gasteiger partial charge in [-0.3, -0.25) is 0 Å². The Morgan fingerprint density at radius 3 is 2.67 bits per heavy atom. The van der Waals surface area contributed by atoms with E-state index in [9.17, 15) is 23.1 Å². The zero-order valence-electron chi connectivity index (χ0n) is 19.3. The number of nitrogen functional groups attached to an aromatic ring is 1. The molecule has 4 N–H and O–H groups in total. The number of benzene rings is 1. The second-order valence-corrected chi connectivity index (χ2v) is 9.82. The van der Waals surface area contributed by atoms with Crippen molar-refractivity contribution >= 4 is 23.1 Å². The van der Waals surface area contributed by atoms with Gasteiger partial charge in [-0.25, -0.2) is 9.78 Å². The highest BCUT2D eigenvalue weighted by Gasteiger charge is 2.61. The number of nitrogens with zero attached hydrogens (tertiary/aromatic N) is 4. The lowest BCUT2D eigenvalue weighted by atomic mass is 9.85. The summed E-state index contributed by atoms with van der Waals surface area (Å²) in [6, 6.07) is 5.97. The molecule has 1 aromatic carbocycles. The van der Waals surface area contributed by atoms with Gasteiger partial charge in [0.25, 0.3) is 0 Å². The van der Waals surface area contributed by atoms with Crippen LogP contribution in [0, 0.1) is 0 Å². The predicted octanol–water partition coefficient (Wildman–Crippen LogP) is 3.44. The number of aromatic amines is 1. The molecule has 3 aliphatic rings. The minimum absolute atomic E-state index is 0.258. The second kappa shape index (κ2) is 7.99. The number of aliphatic hydroxyl groups is 1. The summed E-state index contributed by atoms with van der Waals surface area (Å²) in [5.41, 5.74) is 6.68. The van der Waals surface area contributed by atoms with Crippen molar-refractivity contribution in [2.75, 3.05) is 18.9 Å². The van der Waals surface area contributed by atoms with E-state index in [1.807, 2.05) is 24.3 Å². The minimum atomic E-state index is -4.71. The molecule has 2 bridgehead atoms. The van der Waals surface area contributed by atoms with Crippen molar-refractivity contribution in [3.63, 3.8) is 0 Å². The summed E-state index contributed by atoms with van der Waals surface area (Å²) < 4.78 is 46.3. The fourth-order valence-corrected chi connectivity index (χ4v) is 5.75. The molecule has 0 saturated carbocycles. The molecule has 5 heterocycles. The van der Waals surface area contributed by atoms with Crippen molar-refractivity contribution in [3.8, 4) is 16.9 Å². The van der Waals surface area contributed by atoms with Crippen LogP contribution >= 0.6 is 0 Å². The van der Waals surface area contributed by atoms with E-state index in [2.05, 4.69) is 15.0 Å². The SMILES string of the molecule is Nc1nc2ncc(-c3ccc4c(c3)CN(C(=O)N3C5CCC3CC(O)(C(F)(F)F)C5)CCO4)cc2[nH]1. The highest BCUT2D eigenvalue weighted by Crippen LogP contribution is 2.48. The van der Waals surface area contributed by atoms with Crippen LogP contribution in [-0.4, -0.2) is 72.9 Å². The molecule has 12 heteroatoms. The number of alkyl halides is 3. The van der Waals surface area contributed by atoms with Gasteiger partial charge >= 0.3 is 12.2 Å². The van der Waals surface area contributed by atoms with E-state index < -0.39 is 36.7 Å². The average molecular weight is 502 g/mol. The number of carbonyl (C=O) groups excluding carboxylic acids is 1. The largest absolute Gasteiger partial charge is 0.491 e. The van der Waals surface area contributed by atoms with Crippen molar-refractivity contribution in [3.05, 3.63) is 36.0 Å². The fourth-order valence-electron chi connectivity index (χ4n) is 5.75. The zero-order chi connectivity index (χ0) is 25.2. The maximum atomic E-state index is 13.5. The van der Waals surface area contributed by atoms with Gasteiger partial charge < -0.3 is 30.4 Å². The molecule has 0 spiro atoms. The van der Waals surface area contributed by atoms with Gasteiger partial charge in [-0.1, -0.05) is 6.07 Å². The monoisotopic (exact) mass is 502 g/mol. The first-order chi connectivity index (χ1) is 17.1. The van der Waals surface area contributed by atoms with Crippen LogP contribution in [0.4, 0.5) is 23.9 Å². The number of pyridine rings is 1. The number of imidazole rings is 1. The zero-order valence-corrected chi connectivity index (χ0v) is 19.3. The van der Waals surface area contributed by atoms with Gasteiger partial charge in [-0.15, -0.1) is 0 Å². The second-order valence-electron chi connectivity index (χ2n) is 9.82. The molecule has 3 aliphatic heterocycles. The highest BCUT2D eigenvalue weighted by molar-refractivity contribution is 5.80. The third-order valence-electron chi connectivity index (χ3n) is 7.52. The van der Waals surface area contributed by atoms with Crippen molar-refractivity contribution < 1.29 is 27.8 Å². The number of anilines is 1. The molecule has 36 heavy (non-hydrogen) atoms. The van der Waals surface area contributed by atoms with E-state index in [1.54, 1.807) is 16.0 Å². The molecular formula is C24H25F3N6O3. The van der Waals surface area contributed by atoms with Crippen LogP contribution in [-0.2, 0) is 6.54 Å². The number of halogens is 3. The standard InChI is InChI=1S/C24H25F3N6O3/c25-24(26,27)23(35)9-16-2-3-17(10-23)33(16)22(34)32-5-6-36-19-4-1-13(7-15(19)12-32)14-8-18-20(29-11-14)31-21(28)30-18/h1,4,7-8,11,16-17,35H,2-3,5-6,9-10,12H2,(H3,28,29,30,31). The van der Waals surface area contributed by atoms with Gasteiger partial charge in [0.1, 0.15) is 12.4 Å². The maximum Gasteiger partial charge on any atom is 0.417 e. The number of piperidine rings is 1. The summed E-state index contributed by atoms with van der Waals surface area (Å²) in [4.78, 5) is 28.1. The number of ether oxygens (including phenoxy) is 1. The number of aromatic nitrogens is 3. The first-order valence-electron chi connectivity index (χ1n) is 11.8. The Hall–Kier alpha value is -3.54. The third kappa shape index (κ3) is 3.71. The van der Waals surface area contributed by atoms with Gasteiger partial charge in [0.15, 0.2) is 17.2 Å². The number of rotatable bonds is 1. The molecule has 2 fully saturated rings. The molecule has 190 valence electrons. The Kier molecular flexibility index (Phi) is 5.08. The van der Waals surface area contributed by atoms with Crippen LogP contribution < -0.4 is 10.5 Å². The Labute approximate surface area is 204 Å². The molecule has 0 radical (unpaired) electrons. The van der Waals surface area contributed by atoms with E-state index in [0.717, 1.165) is 16.7 Å². The number of urea groups is 1. The summed E-state index contributed by atoms with van der Waals surface area (Å²) in [5, 5.41) is 10.3. The van der Waals surface area contributed by atoms with E-state index >= 15 is 0 Å². The Morgan fingerprint density at radius 2 is 1.94 bits per heavy atom. The van der Waals surface area contributed by atoms with Crippen LogP contribution in [0.25, 0.3) is 22.3 Å². The number of hydrogen-bond donors (Lipinski definition) is 3. The highest BCUT2D eigenvalue weighted by atomic mass is 19.4. The van der Waals surface area contributed by atoms with Crippen molar-refractivity contribution in [2.45, 2.75) is 56.1 Å². The van der Waals surface area contributed by atoms with Crippen LogP contribution in [0.3, 0.4) is 0 Å². The van der Waals surface area contributed by atoms with E-state index in [-0.39, 0.29) is 25.1 Å². The molecule has 3 aromatic rings. The smallest absolute Gasteiger partial charge is 0.417 e. The van der Waals surface area contributed by atoms with Gasteiger partial charge in [0.05, 0.1) is 18.6 Å². The quantitative estimate of drug-likeness (QED) is 0.469. The summed E-state index contributed by atoms with van der Waals surface area (Å²) in [5.74, 6) is 0.932. The minimum Gasteiger partial charge on any atom is -0.491 e. The predicted molar refractivity (Wildman–Crippen MR) is 124 cm³/mol. The normalized spacial score (nSPS) is 26.0. The number of fused-ring (bicyclic) bond motifs is 4. The van der Waals surface area contributed by atoms with Crippen molar-refractivity contribution in [1.29, 1.82) is 0 Å². The molecule has 0 aliphatic carbocycles. The average Bonchev–Trinajstić information content (AvgIpc) is 3.23. The summed E-state index contributed by atoms with van der Waals surface area (Å²) in [6.45, 7) is 0.839. The summed E-state index contributed by atoms with van der Waals surface area (Å²) >= 11 is 0. The van der Waals surface area contributed by atoms with Crippen molar-refractivity contribution in [1.82, 2.24) is 24.8 Å². The van der Waals surface area contributed by atoms with Gasteiger partial charge in [0, 0.05) is 42.2 Å². The topological polar surface area (TPSA) is 121 Å². The van der Waals surface area contributed by atoms with Crippen molar-refractivity contribution in [2.24, 2.45) is 0 Å². The number of amides is 2. The number of nitrogens with one attached hydrogen (secondary N) is 1. The van der Waals surface area contributed by atoms with Crippen LogP contribution in [0.15, 0.2) is 30.5 Å². The van der Waals surface area contributed by atoms with E-state index in [1.165, 1.54) is 0 Å². The fraction of sp³-hybridized carbons (Fsp3) is 0.458. The van der Waals surface area contributed by atoms with Gasteiger partial charge in [-0.2, -0.15) is 18.2 Å². The molecule has 2 unspecified atom stereocenters. The third-order valence-corrected chi connectivity index (χ3v) is 7.52. The van der Waals surface area contributed by atoms with Gasteiger partial charge in [-0.05, 0) is 36.6 Å². The molecule has 2 amide bonds. The molecular weight excluding hydrogens is 477 g/mol. The number of H-pyrrole nitrogens is 1. The molecule has 2 aromatic heterocycles. The lowest BCUT2D eigenvalue weighted by molar-refractivity contribution is -0.277.